The average Bonchev–Trinajstić information content (AvgIpc) is 3.24. The van der Waals surface area contributed by atoms with E-state index >= 15 is 4.39 Å². The maximum absolute atomic E-state index is 15.6. The van der Waals surface area contributed by atoms with Gasteiger partial charge in [-0.1, -0.05) is 0 Å². The molecule has 0 aliphatic carbocycles. The Morgan fingerprint density at radius 2 is 1.94 bits per heavy atom. The molecule has 0 spiro atoms. The Morgan fingerprint density at radius 1 is 1.19 bits per heavy atom. The van der Waals surface area contributed by atoms with E-state index in [1.165, 1.54) is 17.2 Å². The lowest BCUT2D eigenvalue weighted by molar-refractivity contribution is -0.191. The summed E-state index contributed by atoms with van der Waals surface area (Å²) in [7, 11) is 0. The average molecular weight is 436 g/mol. The molecule has 164 valence electrons. The number of anilines is 1. The minimum absolute atomic E-state index is 0.0193. The van der Waals surface area contributed by atoms with Gasteiger partial charge in [-0.3, -0.25) is 19.4 Å². The lowest BCUT2D eigenvalue weighted by Gasteiger charge is -2.37. The zero-order chi connectivity index (χ0) is 22.2. The number of hydrogen-bond acceptors (Lipinski definition) is 7. The van der Waals surface area contributed by atoms with Crippen LogP contribution in [0.15, 0.2) is 24.7 Å². The highest BCUT2D eigenvalue weighted by Gasteiger charge is 2.48. The largest absolute Gasteiger partial charge is 0.364 e. The van der Waals surface area contributed by atoms with Crippen LogP contribution in [0.25, 0.3) is 0 Å². The Morgan fingerprint density at radius 3 is 2.61 bits per heavy atom. The van der Waals surface area contributed by atoms with Crippen LogP contribution in [0.2, 0.25) is 0 Å². The number of nitrogens with zero attached hydrogens (tertiary/aromatic N) is 5. The van der Waals surface area contributed by atoms with Gasteiger partial charge in [0.25, 0.3) is 11.8 Å². The van der Waals surface area contributed by atoms with Crippen molar-refractivity contribution in [2.24, 2.45) is 5.73 Å². The molecule has 2 aliphatic rings. The van der Waals surface area contributed by atoms with Gasteiger partial charge in [-0.25, -0.2) is 28.2 Å². The van der Waals surface area contributed by atoms with Crippen molar-refractivity contribution in [1.29, 1.82) is 0 Å². The second kappa shape index (κ2) is 8.10. The zero-order valence-electron chi connectivity index (χ0n) is 16.3. The number of carbonyl (C=O) groups is 2. The molecule has 12 heteroatoms. The maximum Gasteiger partial charge on any atom is 0.284 e. The lowest BCUT2D eigenvalue weighted by atomic mass is 9.91. The molecule has 2 saturated heterocycles. The summed E-state index contributed by atoms with van der Waals surface area (Å²) in [6, 6.07) is 0.599. The van der Waals surface area contributed by atoms with E-state index in [1.54, 1.807) is 0 Å². The third-order valence-corrected chi connectivity index (χ3v) is 5.40. The first-order chi connectivity index (χ1) is 14.8. The Balaban J connectivity index is 1.47. The molecule has 0 bridgehead atoms. The summed E-state index contributed by atoms with van der Waals surface area (Å²) in [4.78, 5) is 42.6. The van der Waals surface area contributed by atoms with Crippen molar-refractivity contribution in [3.05, 3.63) is 47.5 Å². The molecule has 4 heterocycles. The first kappa shape index (κ1) is 21.0. The van der Waals surface area contributed by atoms with Crippen LogP contribution in [0.3, 0.4) is 0 Å². The summed E-state index contributed by atoms with van der Waals surface area (Å²) < 4.78 is 42.7. The first-order valence-corrected chi connectivity index (χ1v) is 9.62. The molecule has 2 N–H and O–H groups in total. The fourth-order valence-corrected chi connectivity index (χ4v) is 3.74. The van der Waals surface area contributed by atoms with Crippen LogP contribution >= 0.6 is 0 Å². The van der Waals surface area contributed by atoms with Crippen LogP contribution in [0.4, 0.5) is 19.1 Å². The van der Waals surface area contributed by atoms with Gasteiger partial charge >= 0.3 is 0 Å². The number of hydroxylamine groups is 2. The predicted octanol–water partition coefficient (Wildman–Crippen LogP) is 1.46. The summed E-state index contributed by atoms with van der Waals surface area (Å²) in [6.07, 6.45) is 3.26. The van der Waals surface area contributed by atoms with E-state index in [0.717, 1.165) is 17.5 Å². The standard InChI is InChI=1S/C19H19F3N6O3/c20-12-7-11(8-24-9-12)14-1-6-31-28(14)17(30)19(22)2-4-27(5-3-19)18-25-10-13(21)15(26-18)16(23)29/h7-10,14H,1-6H2,(H2,23,29)/t14-/m0/s1. The lowest BCUT2D eigenvalue weighted by Crippen LogP contribution is -2.52. The van der Waals surface area contributed by atoms with Crippen LogP contribution < -0.4 is 10.6 Å². The SMILES string of the molecule is NC(=O)c1nc(N2CCC(F)(C(=O)N3OCC[C@H]3c3cncc(F)c3)CC2)ncc1F. The molecule has 2 aliphatic heterocycles. The molecule has 2 fully saturated rings. The van der Waals surface area contributed by atoms with Crippen molar-refractivity contribution in [2.45, 2.75) is 31.0 Å². The number of hydrogen-bond donors (Lipinski definition) is 1. The highest BCUT2D eigenvalue weighted by Crippen LogP contribution is 2.37. The van der Waals surface area contributed by atoms with Crippen molar-refractivity contribution < 1.29 is 27.6 Å². The third kappa shape index (κ3) is 4.02. The van der Waals surface area contributed by atoms with Gasteiger partial charge in [0.2, 0.25) is 5.95 Å². The van der Waals surface area contributed by atoms with E-state index in [-0.39, 0.29) is 38.5 Å². The predicted molar refractivity (Wildman–Crippen MR) is 100 cm³/mol. The van der Waals surface area contributed by atoms with E-state index in [4.69, 9.17) is 10.6 Å². The molecule has 9 nitrogen and oxygen atoms in total. The van der Waals surface area contributed by atoms with E-state index < -0.39 is 40.9 Å². The maximum atomic E-state index is 15.6. The molecule has 0 saturated carbocycles. The molecular formula is C19H19F3N6O3. The highest BCUT2D eigenvalue weighted by atomic mass is 19.1. The molecule has 4 rings (SSSR count). The van der Waals surface area contributed by atoms with Gasteiger partial charge in [-0.05, 0) is 11.6 Å². The molecule has 2 aromatic heterocycles. The fraction of sp³-hybridized carbons (Fsp3) is 0.421. The van der Waals surface area contributed by atoms with Crippen LogP contribution in [-0.4, -0.2) is 57.2 Å². The van der Waals surface area contributed by atoms with E-state index in [0.29, 0.717) is 12.0 Å². The van der Waals surface area contributed by atoms with Gasteiger partial charge in [-0.15, -0.1) is 0 Å². The molecular weight excluding hydrogens is 417 g/mol. The Bertz CT molecular complexity index is 1020. The van der Waals surface area contributed by atoms with Gasteiger partial charge in [0, 0.05) is 38.5 Å². The third-order valence-electron chi connectivity index (χ3n) is 5.40. The topological polar surface area (TPSA) is 115 Å². The van der Waals surface area contributed by atoms with E-state index in [1.807, 2.05) is 0 Å². The summed E-state index contributed by atoms with van der Waals surface area (Å²) >= 11 is 0. The molecule has 31 heavy (non-hydrogen) atoms. The number of pyridine rings is 1. The van der Waals surface area contributed by atoms with Gasteiger partial charge in [0.15, 0.2) is 17.2 Å². The number of alkyl halides is 1. The number of primary amides is 1. The van der Waals surface area contributed by atoms with Crippen molar-refractivity contribution in [1.82, 2.24) is 20.0 Å². The van der Waals surface area contributed by atoms with Crippen LogP contribution in [-0.2, 0) is 9.63 Å². The van der Waals surface area contributed by atoms with Crippen LogP contribution in [0.5, 0.6) is 0 Å². The summed E-state index contributed by atoms with van der Waals surface area (Å²) in [5.41, 5.74) is 2.74. The Labute approximate surface area is 175 Å². The number of amides is 2. The summed E-state index contributed by atoms with van der Waals surface area (Å²) in [6.45, 7) is 0.284. The quantitative estimate of drug-likeness (QED) is 0.772. The number of aromatic nitrogens is 3. The number of rotatable bonds is 4. The van der Waals surface area contributed by atoms with E-state index in [9.17, 15) is 18.4 Å². The van der Waals surface area contributed by atoms with Crippen molar-refractivity contribution in [2.75, 3.05) is 24.6 Å². The number of halogens is 3. The van der Waals surface area contributed by atoms with Gasteiger partial charge in [0.05, 0.1) is 25.0 Å². The normalized spacial score (nSPS) is 20.7. The Hall–Kier alpha value is -3.28. The molecule has 0 aromatic carbocycles. The van der Waals surface area contributed by atoms with Gasteiger partial charge < -0.3 is 10.6 Å². The van der Waals surface area contributed by atoms with Gasteiger partial charge in [-0.2, -0.15) is 0 Å². The number of carbonyl (C=O) groups excluding carboxylic acids is 2. The fourth-order valence-electron chi connectivity index (χ4n) is 3.74. The second-order valence-corrected chi connectivity index (χ2v) is 7.39. The first-order valence-electron chi connectivity index (χ1n) is 9.62. The minimum Gasteiger partial charge on any atom is -0.364 e. The molecule has 1 atom stereocenters. The minimum atomic E-state index is -2.22. The number of piperidine rings is 1. The van der Waals surface area contributed by atoms with Crippen LogP contribution in [0, 0.1) is 11.6 Å². The molecule has 2 aromatic rings. The van der Waals surface area contributed by atoms with Crippen molar-refractivity contribution in [3.63, 3.8) is 0 Å². The molecule has 0 radical (unpaired) electrons. The monoisotopic (exact) mass is 436 g/mol. The summed E-state index contributed by atoms with van der Waals surface area (Å²) in [5.74, 6) is -3.39. The van der Waals surface area contributed by atoms with Crippen molar-refractivity contribution in [3.8, 4) is 0 Å². The molecule has 0 unspecified atom stereocenters. The highest BCUT2D eigenvalue weighted by molar-refractivity contribution is 5.91. The Kier molecular flexibility index (Phi) is 5.48. The number of nitrogens with two attached hydrogens (primary N) is 1. The van der Waals surface area contributed by atoms with Gasteiger partial charge in [0.1, 0.15) is 5.82 Å². The van der Waals surface area contributed by atoms with E-state index in [2.05, 4.69) is 15.0 Å². The second-order valence-electron chi connectivity index (χ2n) is 7.39. The summed E-state index contributed by atoms with van der Waals surface area (Å²) in [5, 5.41) is 0.964. The van der Waals surface area contributed by atoms with Crippen molar-refractivity contribution >= 4 is 17.8 Å². The zero-order valence-corrected chi connectivity index (χ0v) is 16.3. The molecule has 2 amide bonds. The van der Waals surface area contributed by atoms with Crippen LogP contribution in [0.1, 0.15) is 41.4 Å². The smallest absolute Gasteiger partial charge is 0.284 e.